The normalized spacial score (nSPS) is 14.8. The number of ether oxygens (including phenoxy) is 1. The van der Waals surface area contributed by atoms with Gasteiger partial charge in [-0.3, -0.25) is 28.8 Å². The molecule has 0 aromatic carbocycles. The Bertz CT molecular complexity index is 1150. The molecular formula is C28H41N5O12. The zero-order valence-electron chi connectivity index (χ0n) is 26.1. The lowest BCUT2D eigenvalue weighted by atomic mass is 10.2. The quantitative estimate of drug-likeness (QED) is 0.227. The van der Waals surface area contributed by atoms with Crippen molar-refractivity contribution in [1.29, 1.82) is 0 Å². The van der Waals surface area contributed by atoms with Crippen LogP contribution in [-0.4, -0.2) is 112 Å². The number of hydrogen-bond donors (Lipinski definition) is 1. The van der Waals surface area contributed by atoms with Crippen LogP contribution >= 0.6 is 0 Å². The topological polar surface area (TPSA) is 206 Å². The maximum absolute atomic E-state index is 13.1. The summed E-state index contributed by atoms with van der Waals surface area (Å²) >= 11 is 0. The number of imide groups is 2. The monoisotopic (exact) mass is 639 g/mol. The first-order valence-corrected chi connectivity index (χ1v) is 14.8. The van der Waals surface area contributed by atoms with E-state index in [9.17, 15) is 43.2 Å². The molecule has 0 spiro atoms. The molecule has 2 rings (SSSR count). The summed E-state index contributed by atoms with van der Waals surface area (Å²) in [6.07, 6.45) is -1.32. The van der Waals surface area contributed by atoms with E-state index in [1.165, 1.54) is 9.80 Å². The molecule has 0 saturated carbocycles. The second-order valence-corrected chi connectivity index (χ2v) is 11.3. The summed E-state index contributed by atoms with van der Waals surface area (Å²) in [6, 6.07) is 0. The first-order chi connectivity index (χ1) is 21.1. The Labute approximate surface area is 260 Å². The molecule has 1 N–H and O–H groups in total. The molecule has 45 heavy (non-hydrogen) atoms. The van der Waals surface area contributed by atoms with E-state index in [1.807, 2.05) is 0 Å². The molecule has 2 aliphatic rings. The Kier molecular flexibility index (Phi) is 13.9. The number of hydrogen-bond acceptors (Lipinski definition) is 12. The standard InChI is InChI=1S/C28H41N5O12/c1-5-6-19(34)30(15-12-25(40)44-32-21(36)7-8-22(32)37)17-18-31(20(35)11-14-29-27(42)43-28(2,3)4)16-13-26(41)45-33-23(38)9-10-24(33)39/h5-18H2,1-4H3,(H,29,42). The molecule has 250 valence electrons. The number of carbonyl (C=O) groups is 9. The molecule has 0 aromatic heterocycles. The zero-order valence-corrected chi connectivity index (χ0v) is 26.1. The highest BCUT2D eigenvalue weighted by atomic mass is 16.7. The molecule has 0 bridgehead atoms. The van der Waals surface area contributed by atoms with Crippen LogP contribution < -0.4 is 5.32 Å². The highest BCUT2D eigenvalue weighted by molar-refractivity contribution is 6.02. The van der Waals surface area contributed by atoms with Crippen LogP contribution in [0.5, 0.6) is 0 Å². The minimum atomic E-state index is -0.934. The summed E-state index contributed by atoms with van der Waals surface area (Å²) in [5, 5.41) is 3.27. The van der Waals surface area contributed by atoms with Crippen LogP contribution in [0.25, 0.3) is 0 Å². The summed E-state index contributed by atoms with van der Waals surface area (Å²) in [5.74, 6) is -5.25. The number of nitrogens with zero attached hydrogens (tertiary/aromatic N) is 4. The Morgan fingerprint density at radius 2 is 1.07 bits per heavy atom. The van der Waals surface area contributed by atoms with E-state index < -0.39 is 59.6 Å². The van der Waals surface area contributed by atoms with Gasteiger partial charge >= 0.3 is 18.0 Å². The molecule has 0 unspecified atom stereocenters. The largest absolute Gasteiger partial charge is 0.444 e. The van der Waals surface area contributed by atoms with E-state index in [0.29, 0.717) is 16.5 Å². The van der Waals surface area contributed by atoms with Gasteiger partial charge in [-0.25, -0.2) is 14.4 Å². The fraction of sp³-hybridized carbons (Fsp3) is 0.679. The van der Waals surface area contributed by atoms with Crippen molar-refractivity contribution < 1.29 is 57.6 Å². The average Bonchev–Trinajstić information content (AvgIpc) is 3.43. The fourth-order valence-corrected chi connectivity index (χ4v) is 4.14. The summed E-state index contributed by atoms with van der Waals surface area (Å²) in [6.45, 7) is 6.23. The molecule has 2 aliphatic heterocycles. The van der Waals surface area contributed by atoms with Crippen molar-refractivity contribution in [2.75, 3.05) is 32.7 Å². The van der Waals surface area contributed by atoms with E-state index in [4.69, 9.17) is 14.4 Å². The Balaban J connectivity index is 2.04. The number of rotatable bonds is 16. The van der Waals surface area contributed by atoms with Gasteiger partial charge in [-0.2, -0.15) is 0 Å². The van der Waals surface area contributed by atoms with Crippen molar-refractivity contribution in [2.45, 2.75) is 91.1 Å². The number of hydroxylamine groups is 4. The predicted molar refractivity (Wildman–Crippen MR) is 151 cm³/mol. The minimum Gasteiger partial charge on any atom is -0.444 e. The summed E-state index contributed by atoms with van der Waals surface area (Å²) < 4.78 is 5.15. The van der Waals surface area contributed by atoms with Crippen molar-refractivity contribution in [3.05, 3.63) is 0 Å². The van der Waals surface area contributed by atoms with Crippen LogP contribution in [0.15, 0.2) is 0 Å². The first kappa shape index (κ1) is 36.6. The molecule has 2 fully saturated rings. The Morgan fingerprint density at radius 3 is 1.44 bits per heavy atom. The van der Waals surface area contributed by atoms with Gasteiger partial charge in [0, 0.05) is 71.2 Å². The Hall–Kier alpha value is -4.57. The number of carbonyl (C=O) groups excluding carboxylic acids is 9. The predicted octanol–water partition coefficient (Wildman–Crippen LogP) is 0.353. The lowest BCUT2D eigenvalue weighted by molar-refractivity contribution is -0.197. The van der Waals surface area contributed by atoms with Crippen LogP contribution in [-0.2, 0) is 52.8 Å². The van der Waals surface area contributed by atoms with Crippen molar-refractivity contribution in [3.8, 4) is 0 Å². The molecule has 0 radical (unpaired) electrons. The molecule has 0 aliphatic carbocycles. The van der Waals surface area contributed by atoms with Crippen molar-refractivity contribution in [3.63, 3.8) is 0 Å². The van der Waals surface area contributed by atoms with E-state index in [2.05, 4.69) is 5.32 Å². The van der Waals surface area contributed by atoms with Gasteiger partial charge < -0.3 is 29.5 Å². The van der Waals surface area contributed by atoms with Gasteiger partial charge in [-0.1, -0.05) is 6.92 Å². The molecule has 0 atom stereocenters. The van der Waals surface area contributed by atoms with Gasteiger partial charge in [-0.15, -0.1) is 10.1 Å². The maximum Gasteiger partial charge on any atom is 0.407 e. The van der Waals surface area contributed by atoms with Gasteiger partial charge in [0.2, 0.25) is 11.8 Å². The van der Waals surface area contributed by atoms with Crippen LogP contribution in [0.1, 0.15) is 85.5 Å². The van der Waals surface area contributed by atoms with Crippen LogP contribution in [0, 0.1) is 0 Å². The summed E-state index contributed by atoms with van der Waals surface area (Å²) in [7, 11) is 0. The summed E-state index contributed by atoms with van der Waals surface area (Å²) in [4.78, 5) is 122. The maximum atomic E-state index is 13.1. The van der Waals surface area contributed by atoms with E-state index in [0.717, 1.165) is 0 Å². The van der Waals surface area contributed by atoms with Gasteiger partial charge in [-0.05, 0) is 27.2 Å². The average molecular weight is 640 g/mol. The van der Waals surface area contributed by atoms with Gasteiger partial charge in [0.15, 0.2) is 0 Å². The third-order valence-corrected chi connectivity index (χ3v) is 6.39. The lowest BCUT2D eigenvalue weighted by Crippen LogP contribution is -2.44. The molecule has 17 nitrogen and oxygen atoms in total. The molecule has 2 saturated heterocycles. The Morgan fingerprint density at radius 1 is 0.667 bits per heavy atom. The van der Waals surface area contributed by atoms with E-state index in [1.54, 1.807) is 27.7 Å². The van der Waals surface area contributed by atoms with Gasteiger partial charge in [0.1, 0.15) is 5.60 Å². The SMILES string of the molecule is CCCC(=O)N(CCC(=O)ON1C(=O)CCC1=O)CCN(CCC(=O)ON1C(=O)CCC1=O)C(=O)CCNC(=O)OC(C)(C)C. The number of nitrogens with one attached hydrogen (secondary N) is 1. The van der Waals surface area contributed by atoms with Crippen LogP contribution in [0.3, 0.4) is 0 Å². The lowest BCUT2D eigenvalue weighted by Gasteiger charge is -2.28. The minimum absolute atomic E-state index is 0.0585. The second-order valence-electron chi connectivity index (χ2n) is 11.3. The van der Waals surface area contributed by atoms with E-state index in [-0.39, 0.29) is 83.6 Å². The van der Waals surface area contributed by atoms with Crippen molar-refractivity contribution >= 4 is 53.5 Å². The molecule has 17 heteroatoms. The highest BCUT2D eigenvalue weighted by Gasteiger charge is 2.34. The fourth-order valence-electron chi connectivity index (χ4n) is 4.14. The third-order valence-electron chi connectivity index (χ3n) is 6.39. The third kappa shape index (κ3) is 12.5. The zero-order chi connectivity index (χ0) is 33.7. The van der Waals surface area contributed by atoms with Crippen LogP contribution in [0.4, 0.5) is 4.79 Å². The molecule has 7 amide bonds. The highest BCUT2D eigenvalue weighted by Crippen LogP contribution is 2.14. The second kappa shape index (κ2) is 17.1. The smallest absolute Gasteiger partial charge is 0.407 e. The summed E-state index contributed by atoms with van der Waals surface area (Å²) in [5.41, 5.74) is -0.751. The molecular weight excluding hydrogens is 598 g/mol. The molecule has 0 aromatic rings. The van der Waals surface area contributed by atoms with Crippen molar-refractivity contribution in [1.82, 2.24) is 25.2 Å². The van der Waals surface area contributed by atoms with E-state index >= 15 is 0 Å². The first-order valence-electron chi connectivity index (χ1n) is 14.8. The van der Waals surface area contributed by atoms with Crippen molar-refractivity contribution in [2.24, 2.45) is 0 Å². The number of amides is 7. The molecule has 2 heterocycles. The number of alkyl carbamates (subject to hydrolysis) is 1. The van der Waals surface area contributed by atoms with Gasteiger partial charge in [0.05, 0.1) is 12.8 Å². The van der Waals surface area contributed by atoms with Crippen LogP contribution in [0.2, 0.25) is 0 Å². The van der Waals surface area contributed by atoms with Gasteiger partial charge in [0.25, 0.3) is 23.6 Å².